The maximum Gasteiger partial charge on any atom is 0.340 e. The number of thioether (sulfide) groups is 1. The van der Waals surface area contributed by atoms with E-state index in [1.165, 1.54) is 34.4 Å². The number of hydrogen-bond acceptors (Lipinski definition) is 6. The van der Waals surface area contributed by atoms with Gasteiger partial charge in [0.15, 0.2) is 6.61 Å². The monoisotopic (exact) mass is 476 g/mol. The Kier molecular flexibility index (Phi) is 7.96. The molecule has 2 amide bonds. The number of benzene rings is 2. The molecule has 3 aromatic rings. The van der Waals surface area contributed by atoms with E-state index >= 15 is 0 Å². The summed E-state index contributed by atoms with van der Waals surface area (Å²) >= 11 is 1.58. The molecule has 0 aliphatic carbocycles. The fourth-order valence-electron chi connectivity index (χ4n) is 2.78. The van der Waals surface area contributed by atoms with E-state index in [4.69, 9.17) is 4.74 Å². The Hall–Kier alpha value is -3.24. The van der Waals surface area contributed by atoms with Crippen LogP contribution >= 0.6 is 23.1 Å². The first-order valence-corrected chi connectivity index (χ1v) is 11.0. The van der Waals surface area contributed by atoms with Crippen LogP contribution in [0.4, 0.5) is 20.2 Å². The Morgan fingerprint density at radius 2 is 1.78 bits per heavy atom. The molecule has 1 aromatic heterocycles. The Labute approximate surface area is 191 Å². The van der Waals surface area contributed by atoms with Crippen molar-refractivity contribution in [1.82, 2.24) is 0 Å². The van der Waals surface area contributed by atoms with Crippen molar-refractivity contribution < 1.29 is 27.9 Å². The molecule has 0 aliphatic rings. The van der Waals surface area contributed by atoms with Gasteiger partial charge in [-0.15, -0.1) is 11.3 Å². The Morgan fingerprint density at radius 3 is 2.50 bits per heavy atom. The maximum atomic E-state index is 12.7. The van der Waals surface area contributed by atoms with E-state index in [0.29, 0.717) is 22.3 Å². The summed E-state index contributed by atoms with van der Waals surface area (Å²) < 4.78 is 30.5. The van der Waals surface area contributed by atoms with Crippen LogP contribution in [0.2, 0.25) is 0 Å². The highest BCUT2D eigenvalue weighted by Gasteiger charge is 2.22. The van der Waals surface area contributed by atoms with Crippen LogP contribution in [0.15, 0.2) is 70.9 Å². The second-order valence-electron chi connectivity index (χ2n) is 6.36. The SMILES string of the molecule is CN(C(=O)c1cccs1)c1ccccc1C(=O)OCC(=O)Nc1ccccc1SC(F)F. The number of anilines is 2. The second-order valence-corrected chi connectivity index (χ2v) is 8.34. The standard InChI is InChI=1S/C22H18F2N2O4S2/c1-26(20(28)18-11-6-12-31-18)16-9-4-2-7-14(16)21(29)30-13-19(27)25-15-8-3-5-10-17(15)32-22(23)24/h2-12,22H,13H2,1H3,(H,25,27). The molecule has 0 saturated heterocycles. The molecule has 2 aromatic carbocycles. The summed E-state index contributed by atoms with van der Waals surface area (Å²) in [6.07, 6.45) is 0. The van der Waals surface area contributed by atoms with Crippen molar-refractivity contribution in [2.24, 2.45) is 0 Å². The number of nitrogens with zero attached hydrogens (tertiary/aromatic N) is 1. The number of nitrogens with one attached hydrogen (secondary N) is 1. The summed E-state index contributed by atoms with van der Waals surface area (Å²) in [5.41, 5.74) is 0.636. The lowest BCUT2D eigenvalue weighted by Gasteiger charge is -2.19. The molecule has 0 spiro atoms. The average molecular weight is 477 g/mol. The molecule has 0 atom stereocenters. The third-order valence-electron chi connectivity index (χ3n) is 4.23. The van der Waals surface area contributed by atoms with Gasteiger partial charge in [0, 0.05) is 11.9 Å². The van der Waals surface area contributed by atoms with Gasteiger partial charge >= 0.3 is 5.97 Å². The molecular weight excluding hydrogens is 458 g/mol. The van der Waals surface area contributed by atoms with E-state index in [2.05, 4.69) is 5.32 Å². The predicted molar refractivity (Wildman–Crippen MR) is 121 cm³/mol. The smallest absolute Gasteiger partial charge is 0.340 e. The second kappa shape index (κ2) is 10.9. The molecule has 3 rings (SSSR count). The molecule has 6 nitrogen and oxygen atoms in total. The van der Waals surface area contributed by atoms with E-state index in [1.54, 1.807) is 54.9 Å². The minimum Gasteiger partial charge on any atom is -0.452 e. The van der Waals surface area contributed by atoms with E-state index in [0.717, 1.165) is 0 Å². The molecule has 166 valence electrons. The lowest BCUT2D eigenvalue weighted by molar-refractivity contribution is -0.119. The molecule has 1 heterocycles. The molecule has 0 aliphatic heterocycles. The molecule has 1 N–H and O–H groups in total. The number of carbonyl (C=O) groups excluding carboxylic acids is 3. The minimum absolute atomic E-state index is 0.112. The average Bonchev–Trinajstić information content (AvgIpc) is 3.32. The summed E-state index contributed by atoms with van der Waals surface area (Å²) in [7, 11) is 1.54. The topological polar surface area (TPSA) is 75.7 Å². The van der Waals surface area contributed by atoms with Gasteiger partial charge < -0.3 is 15.0 Å². The van der Waals surface area contributed by atoms with Crippen LogP contribution in [-0.4, -0.2) is 37.2 Å². The van der Waals surface area contributed by atoms with Gasteiger partial charge in [-0.1, -0.05) is 42.1 Å². The first kappa shape index (κ1) is 23.4. The number of halogens is 2. The fourth-order valence-corrected chi connectivity index (χ4v) is 4.07. The van der Waals surface area contributed by atoms with Gasteiger partial charge in [0.2, 0.25) is 0 Å². The van der Waals surface area contributed by atoms with E-state index in [9.17, 15) is 23.2 Å². The van der Waals surface area contributed by atoms with Crippen LogP contribution < -0.4 is 10.2 Å². The largest absolute Gasteiger partial charge is 0.452 e. The first-order chi connectivity index (χ1) is 15.4. The van der Waals surface area contributed by atoms with Crippen molar-refractivity contribution in [3.8, 4) is 0 Å². The summed E-state index contributed by atoms with van der Waals surface area (Å²) in [5, 5.41) is 4.24. The molecule has 32 heavy (non-hydrogen) atoms. The van der Waals surface area contributed by atoms with E-state index in [1.807, 2.05) is 0 Å². The highest BCUT2D eigenvalue weighted by Crippen LogP contribution is 2.31. The lowest BCUT2D eigenvalue weighted by atomic mass is 10.1. The van der Waals surface area contributed by atoms with Gasteiger partial charge in [-0.2, -0.15) is 8.78 Å². The van der Waals surface area contributed by atoms with Crippen LogP contribution in [0.1, 0.15) is 20.0 Å². The van der Waals surface area contributed by atoms with Crippen molar-refractivity contribution >= 4 is 52.3 Å². The number of thiophene rings is 1. The molecule has 0 saturated carbocycles. The maximum absolute atomic E-state index is 12.7. The Morgan fingerprint density at radius 1 is 1.06 bits per heavy atom. The summed E-state index contributed by atoms with van der Waals surface area (Å²) in [6, 6.07) is 15.9. The molecule has 0 radical (unpaired) electrons. The number of ether oxygens (including phenoxy) is 1. The van der Waals surface area contributed by atoms with E-state index < -0.39 is 24.2 Å². The van der Waals surface area contributed by atoms with Gasteiger partial charge in [0.1, 0.15) is 0 Å². The van der Waals surface area contributed by atoms with Crippen LogP contribution in [0.3, 0.4) is 0 Å². The van der Waals surface area contributed by atoms with Gasteiger partial charge in [-0.05, 0) is 35.7 Å². The highest BCUT2D eigenvalue weighted by atomic mass is 32.2. The summed E-state index contributed by atoms with van der Waals surface area (Å²) in [5.74, 6) is -4.40. The number of para-hydroxylation sites is 2. The molecule has 10 heteroatoms. The normalized spacial score (nSPS) is 10.6. The molecule has 0 bridgehead atoms. The van der Waals surface area contributed by atoms with Gasteiger partial charge in [0.25, 0.3) is 17.6 Å². The number of hydrogen-bond donors (Lipinski definition) is 1. The zero-order chi connectivity index (χ0) is 23.1. The number of alkyl halides is 2. The lowest BCUT2D eigenvalue weighted by Crippen LogP contribution is -2.28. The Bertz CT molecular complexity index is 1110. The van der Waals surface area contributed by atoms with Crippen molar-refractivity contribution in [1.29, 1.82) is 0 Å². The highest BCUT2D eigenvalue weighted by molar-refractivity contribution is 7.99. The van der Waals surface area contributed by atoms with Gasteiger partial charge in [-0.25, -0.2) is 4.79 Å². The van der Waals surface area contributed by atoms with Gasteiger partial charge in [-0.3, -0.25) is 9.59 Å². The predicted octanol–water partition coefficient (Wildman–Crippen LogP) is 5.13. The minimum atomic E-state index is -2.64. The number of rotatable bonds is 8. The summed E-state index contributed by atoms with van der Waals surface area (Å²) in [4.78, 5) is 39.5. The number of amides is 2. The van der Waals surface area contributed by atoms with Crippen LogP contribution in [0.5, 0.6) is 0 Å². The molecule has 0 fully saturated rings. The molecular formula is C22H18F2N2O4S2. The van der Waals surface area contributed by atoms with Crippen molar-refractivity contribution in [3.63, 3.8) is 0 Å². The third-order valence-corrected chi connectivity index (χ3v) is 5.88. The van der Waals surface area contributed by atoms with Crippen LogP contribution in [-0.2, 0) is 9.53 Å². The number of carbonyl (C=O) groups is 3. The third kappa shape index (κ3) is 5.92. The number of esters is 1. The van der Waals surface area contributed by atoms with E-state index in [-0.39, 0.29) is 22.1 Å². The Balaban J connectivity index is 1.66. The zero-order valence-corrected chi connectivity index (χ0v) is 18.4. The van der Waals surface area contributed by atoms with Crippen molar-refractivity contribution in [2.45, 2.75) is 10.7 Å². The quantitative estimate of drug-likeness (QED) is 0.360. The van der Waals surface area contributed by atoms with Crippen molar-refractivity contribution in [3.05, 3.63) is 76.5 Å². The fraction of sp³-hybridized carbons (Fsp3) is 0.136. The summed E-state index contributed by atoms with van der Waals surface area (Å²) in [6.45, 7) is -0.622. The van der Waals surface area contributed by atoms with Crippen molar-refractivity contribution in [2.75, 3.05) is 23.9 Å². The van der Waals surface area contributed by atoms with Gasteiger partial charge in [0.05, 0.1) is 21.8 Å². The van der Waals surface area contributed by atoms with Crippen LogP contribution in [0, 0.1) is 0 Å². The first-order valence-electron chi connectivity index (χ1n) is 9.28. The molecule has 0 unspecified atom stereocenters. The van der Waals surface area contributed by atoms with Crippen LogP contribution in [0.25, 0.3) is 0 Å². The zero-order valence-electron chi connectivity index (χ0n) is 16.8.